The molecule has 0 saturated carbocycles. The number of hydrogen-bond donors (Lipinski definition) is 0. The van der Waals surface area contributed by atoms with Crippen LogP contribution in [0.4, 0.5) is 4.39 Å². The van der Waals surface area contributed by atoms with Crippen molar-refractivity contribution in [3.8, 4) is 0 Å². The van der Waals surface area contributed by atoms with Crippen LogP contribution in [0.5, 0.6) is 0 Å². The van der Waals surface area contributed by atoms with E-state index in [-0.39, 0.29) is 12.4 Å². The van der Waals surface area contributed by atoms with Crippen molar-refractivity contribution < 1.29 is 13.4 Å². The summed E-state index contributed by atoms with van der Waals surface area (Å²) < 4.78 is 24.7. The number of rotatable bonds is 4. The van der Waals surface area contributed by atoms with Gasteiger partial charge in [-0.2, -0.15) is 0 Å². The fraction of sp³-hybridized carbons (Fsp3) is 0.353. The lowest BCUT2D eigenvalue weighted by Crippen LogP contribution is -2.19. The number of benzene rings is 1. The van der Waals surface area contributed by atoms with Crippen LogP contribution >= 0.6 is 0 Å². The molecule has 0 radical (unpaired) electrons. The van der Waals surface area contributed by atoms with Gasteiger partial charge in [-0.1, -0.05) is 22.4 Å². The maximum Gasteiger partial charge on any atom is 0.441 e. The lowest BCUT2D eigenvalue weighted by molar-refractivity contribution is 0.363. The van der Waals surface area contributed by atoms with Crippen LogP contribution in [-0.2, 0) is 25.8 Å². The van der Waals surface area contributed by atoms with Gasteiger partial charge in [0.2, 0.25) is 0 Å². The summed E-state index contributed by atoms with van der Waals surface area (Å²) in [7, 11) is 0. The molecule has 1 aliphatic carbocycles. The van der Waals surface area contributed by atoms with Gasteiger partial charge in [-0.3, -0.25) is 9.09 Å². The minimum atomic E-state index is -0.528. The zero-order valence-electron chi connectivity index (χ0n) is 13.0. The average molecular weight is 329 g/mol. The van der Waals surface area contributed by atoms with Gasteiger partial charge in [0.15, 0.2) is 5.82 Å². The van der Waals surface area contributed by atoms with E-state index in [1.165, 1.54) is 16.7 Å². The summed E-state index contributed by atoms with van der Waals surface area (Å²) in [4.78, 5) is 12.0. The van der Waals surface area contributed by atoms with Crippen LogP contribution < -0.4 is 5.76 Å². The van der Waals surface area contributed by atoms with E-state index in [0.717, 1.165) is 48.3 Å². The quantitative estimate of drug-likeness (QED) is 0.735. The fourth-order valence-electron chi connectivity index (χ4n) is 3.09. The van der Waals surface area contributed by atoms with Crippen LogP contribution in [0.3, 0.4) is 0 Å². The van der Waals surface area contributed by atoms with Gasteiger partial charge < -0.3 is 4.52 Å². The first-order valence-electron chi connectivity index (χ1n) is 7.97. The number of nitrogens with zero attached hydrogens (tertiary/aromatic N) is 3. The van der Waals surface area contributed by atoms with E-state index in [0.29, 0.717) is 12.2 Å². The van der Waals surface area contributed by atoms with Crippen LogP contribution in [0.25, 0.3) is 0 Å². The highest BCUT2D eigenvalue weighted by molar-refractivity contribution is 5.26. The Bertz CT molecular complexity index is 908. The topological polar surface area (TPSA) is 74.1 Å². The highest BCUT2D eigenvalue weighted by Crippen LogP contribution is 2.24. The zero-order chi connectivity index (χ0) is 16.5. The maximum absolute atomic E-state index is 13.0. The van der Waals surface area contributed by atoms with Crippen molar-refractivity contribution in [3.05, 3.63) is 69.0 Å². The molecule has 0 fully saturated rings. The minimum Gasteiger partial charge on any atom is -0.361 e. The molecule has 3 aromatic rings. The molecule has 0 spiro atoms. The molecule has 1 aliphatic rings. The Morgan fingerprint density at radius 3 is 2.71 bits per heavy atom. The van der Waals surface area contributed by atoms with E-state index in [2.05, 4.69) is 10.3 Å². The zero-order valence-corrected chi connectivity index (χ0v) is 13.0. The molecule has 2 aromatic heterocycles. The van der Waals surface area contributed by atoms with E-state index in [1.54, 1.807) is 12.1 Å². The van der Waals surface area contributed by atoms with Crippen molar-refractivity contribution in [1.82, 2.24) is 14.9 Å². The van der Waals surface area contributed by atoms with Crippen molar-refractivity contribution in [2.24, 2.45) is 0 Å². The highest BCUT2D eigenvalue weighted by Gasteiger charge is 2.21. The van der Waals surface area contributed by atoms with Gasteiger partial charge in [-0.25, -0.2) is 9.18 Å². The summed E-state index contributed by atoms with van der Waals surface area (Å²) in [6.45, 7) is 0.275. The first-order chi connectivity index (χ1) is 11.7. The third kappa shape index (κ3) is 2.77. The van der Waals surface area contributed by atoms with Gasteiger partial charge in [0, 0.05) is 18.4 Å². The lowest BCUT2D eigenvalue weighted by Gasteiger charge is -2.09. The largest absolute Gasteiger partial charge is 0.441 e. The Kier molecular flexibility index (Phi) is 3.76. The SMILES string of the molecule is O=c1onc(Cc2ccc(F)cc2)n1Cc1noc2c1CCCC2. The van der Waals surface area contributed by atoms with E-state index in [1.807, 2.05) is 0 Å². The van der Waals surface area contributed by atoms with Crippen molar-refractivity contribution in [2.75, 3.05) is 0 Å². The van der Waals surface area contributed by atoms with Gasteiger partial charge in [0.05, 0.1) is 6.54 Å². The fourth-order valence-corrected chi connectivity index (χ4v) is 3.09. The molecule has 0 amide bonds. The van der Waals surface area contributed by atoms with Gasteiger partial charge in [0.1, 0.15) is 17.3 Å². The van der Waals surface area contributed by atoms with Crippen LogP contribution in [0.2, 0.25) is 0 Å². The van der Waals surface area contributed by atoms with Crippen LogP contribution in [0, 0.1) is 5.82 Å². The molecular formula is C17H16FN3O3. The molecule has 0 aliphatic heterocycles. The van der Waals surface area contributed by atoms with Crippen molar-refractivity contribution in [2.45, 2.75) is 38.6 Å². The minimum absolute atomic E-state index is 0.275. The highest BCUT2D eigenvalue weighted by atomic mass is 19.1. The molecule has 24 heavy (non-hydrogen) atoms. The molecule has 0 bridgehead atoms. The Labute approximate surface area is 136 Å². The predicted octanol–water partition coefficient (Wildman–Crippen LogP) is 2.48. The Morgan fingerprint density at radius 1 is 1.08 bits per heavy atom. The first kappa shape index (κ1) is 14.9. The number of fused-ring (bicyclic) bond motifs is 1. The Morgan fingerprint density at radius 2 is 1.88 bits per heavy atom. The number of halogens is 1. The van der Waals surface area contributed by atoms with Gasteiger partial charge in [-0.15, -0.1) is 0 Å². The number of aromatic nitrogens is 3. The molecule has 0 atom stereocenters. The standard InChI is InChI=1S/C17H16FN3O3/c18-12-7-5-11(6-8-12)9-16-20-24-17(22)21(16)10-14-13-3-1-2-4-15(13)23-19-14/h5-8H,1-4,9-10H2. The lowest BCUT2D eigenvalue weighted by atomic mass is 9.96. The average Bonchev–Trinajstić information content (AvgIpc) is 3.16. The first-order valence-corrected chi connectivity index (χ1v) is 7.97. The molecule has 1 aromatic carbocycles. The molecule has 4 rings (SSSR count). The summed E-state index contributed by atoms with van der Waals surface area (Å²) in [5, 5.41) is 7.97. The number of hydrogen-bond acceptors (Lipinski definition) is 5. The summed E-state index contributed by atoms with van der Waals surface area (Å²) >= 11 is 0. The Hall–Kier alpha value is -2.70. The second kappa shape index (κ2) is 6.07. The van der Waals surface area contributed by atoms with Crippen LogP contribution in [-0.4, -0.2) is 14.9 Å². The number of aryl methyl sites for hydroxylation is 1. The van der Waals surface area contributed by atoms with E-state index >= 15 is 0 Å². The van der Waals surface area contributed by atoms with Crippen LogP contribution in [0.15, 0.2) is 38.1 Å². The van der Waals surface area contributed by atoms with E-state index < -0.39 is 5.76 Å². The normalized spacial score (nSPS) is 13.9. The molecule has 0 unspecified atom stereocenters. The molecule has 6 nitrogen and oxygen atoms in total. The molecule has 7 heteroatoms. The molecule has 2 heterocycles. The van der Waals surface area contributed by atoms with Gasteiger partial charge in [-0.05, 0) is 37.0 Å². The van der Waals surface area contributed by atoms with Crippen molar-refractivity contribution in [1.29, 1.82) is 0 Å². The van der Waals surface area contributed by atoms with Gasteiger partial charge >= 0.3 is 5.76 Å². The van der Waals surface area contributed by atoms with Crippen molar-refractivity contribution >= 4 is 0 Å². The monoisotopic (exact) mass is 329 g/mol. The summed E-state index contributed by atoms with van der Waals surface area (Å²) in [6, 6.07) is 6.09. The summed E-state index contributed by atoms with van der Waals surface area (Å²) in [5.74, 6) is 0.574. The second-order valence-electron chi connectivity index (χ2n) is 5.99. The van der Waals surface area contributed by atoms with Crippen LogP contribution in [0.1, 0.15) is 41.2 Å². The third-order valence-corrected chi connectivity index (χ3v) is 4.38. The predicted molar refractivity (Wildman–Crippen MR) is 82.2 cm³/mol. The van der Waals surface area contributed by atoms with E-state index in [9.17, 15) is 9.18 Å². The summed E-state index contributed by atoms with van der Waals surface area (Å²) in [6.07, 6.45) is 4.39. The Balaban J connectivity index is 1.62. The maximum atomic E-state index is 13.0. The molecular weight excluding hydrogens is 313 g/mol. The third-order valence-electron chi connectivity index (χ3n) is 4.38. The smallest absolute Gasteiger partial charge is 0.361 e. The second-order valence-corrected chi connectivity index (χ2v) is 5.99. The van der Waals surface area contributed by atoms with Gasteiger partial charge in [0.25, 0.3) is 0 Å². The molecule has 0 saturated heterocycles. The van der Waals surface area contributed by atoms with E-state index in [4.69, 9.17) is 9.05 Å². The molecule has 0 N–H and O–H groups in total. The van der Waals surface area contributed by atoms with Crippen molar-refractivity contribution in [3.63, 3.8) is 0 Å². The molecule has 124 valence electrons. The summed E-state index contributed by atoms with van der Waals surface area (Å²) in [5.41, 5.74) is 2.71.